The second kappa shape index (κ2) is 4.36. The summed E-state index contributed by atoms with van der Waals surface area (Å²) in [5.41, 5.74) is 7.59. The van der Waals surface area contributed by atoms with Gasteiger partial charge in [-0.15, -0.1) is 0 Å². The lowest BCUT2D eigenvalue weighted by Crippen LogP contribution is -2.06. The van der Waals surface area contributed by atoms with Crippen molar-refractivity contribution in [3.05, 3.63) is 45.6 Å². The first-order valence-corrected chi connectivity index (χ1v) is 5.55. The summed E-state index contributed by atoms with van der Waals surface area (Å²) in [6.07, 6.45) is 0. The van der Waals surface area contributed by atoms with Crippen molar-refractivity contribution >= 4 is 29.0 Å². The number of benzene rings is 1. The van der Waals surface area contributed by atoms with Gasteiger partial charge in [-0.3, -0.25) is 0 Å². The Kier molecular flexibility index (Phi) is 3.08. The van der Waals surface area contributed by atoms with Crippen molar-refractivity contribution < 1.29 is 0 Å². The van der Waals surface area contributed by atoms with Crippen LogP contribution in [0.3, 0.4) is 0 Å². The van der Waals surface area contributed by atoms with E-state index in [9.17, 15) is 0 Å². The Bertz CT molecular complexity index is 520. The fourth-order valence-corrected chi connectivity index (χ4v) is 1.89. The van der Waals surface area contributed by atoms with Crippen LogP contribution in [0, 0.1) is 6.92 Å². The molecule has 0 atom stereocenters. The van der Waals surface area contributed by atoms with Gasteiger partial charge in [0.05, 0.1) is 12.2 Å². The Morgan fingerprint density at radius 3 is 2.69 bits per heavy atom. The molecule has 0 aliphatic heterocycles. The van der Waals surface area contributed by atoms with Gasteiger partial charge >= 0.3 is 0 Å². The van der Waals surface area contributed by atoms with Gasteiger partial charge < -0.3 is 5.73 Å². The summed E-state index contributed by atoms with van der Waals surface area (Å²) >= 11 is 12.0. The highest BCUT2D eigenvalue weighted by atomic mass is 35.5. The number of hydrogen-bond acceptors (Lipinski definition) is 2. The molecule has 0 saturated heterocycles. The fraction of sp³-hybridized carbons (Fsp3) is 0.182. The molecule has 0 spiro atoms. The van der Waals surface area contributed by atoms with E-state index in [1.54, 1.807) is 16.8 Å². The van der Waals surface area contributed by atoms with Gasteiger partial charge in [-0.1, -0.05) is 23.2 Å². The second-order valence-electron chi connectivity index (χ2n) is 3.60. The van der Waals surface area contributed by atoms with Crippen molar-refractivity contribution in [2.24, 2.45) is 0 Å². The number of anilines is 1. The highest BCUT2D eigenvalue weighted by molar-refractivity contribution is 6.33. The van der Waals surface area contributed by atoms with Gasteiger partial charge in [-0.25, -0.2) is 4.68 Å². The van der Waals surface area contributed by atoms with E-state index in [-0.39, 0.29) is 0 Å². The first-order valence-electron chi connectivity index (χ1n) is 4.80. The van der Waals surface area contributed by atoms with Crippen LogP contribution in [0.5, 0.6) is 0 Å². The summed E-state index contributed by atoms with van der Waals surface area (Å²) in [6, 6.07) is 7.16. The predicted molar refractivity (Wildman–Crippen MR) is 66.9 cm³/mol. The topological polar surface area (TPSA) is 43.8 Å². The molecule has 5 heteroatoms. The van der Waals surface area contributed by atoms with Crippen LogP contribution in [0.4, 0.5) is 5.82 Å². The summed E-state index contributed by atoms with van der Waals surface area (Å²) in [5.74, 6) is 0.619. The molecule has 0 radical (unpaired) electrons. The molecule has 1 aromatic carbocycles. The molecular weight excluding hydrogens is 245 g/mol. The Balaban J connectivity index is 2.33. The van der Waals surface area contributed by atoms with Crippen LogP contribution in [0.15, 0.2) is 24.3 Å². The Labute approximate surface area is 104 Å². The summed E-state index contributed by atoms with van der Waals surface area (Å²) in [5, 5.41) is 5.58. The van der Waals surface area contributed by atoms with Crippen molar-refractivity contribution in [3.63, 3.8) is 0 Å². The van der Waals surface area contributed by atoms with Crippen LogP contribution in [-0.2, 0) is 6.54 Å². The van der Waals surface area contributed by atoms with Crippen LogP contribution in [-0.4, -0.2) is 9.78 Å². The van der Waals surface area contributed by atoms with Gasteiger partial charge in [-0.2, -0.15) is 5.10 Å². The highest BCUT2D eigenvalue weighted by Crippen LogP contribution is 2.22. The summed E-state index contributed by atoms with van der Waals surface area (Å²) in [4.78, 5) is 0. The third-order valence-electron chi connectivity index (χ3n) is 2.26. The monoisotopic (exact) mass is 255 g/mol. The van der Waals surface area contributed by atoms with Crippen molar-refractivity contribution in [2.45, 2.75) is 13.5 Å². The van der Waals surface area contributed by atoms with Gasteiger partial charge in [0.2, 0.25) is 0 Å². The average Bonchev–Trinajstić information content (AvgIpc) is 2.51. The minimum Gasteiger partial charge on any atom is -0.384 e. The number of nitrogens with two attached hydrogens (primary N) is 1. The van der Waals surface area contributed by atoms with E-state index in [0.717, 1.165) is 11.3 Å². The number of rotatable bonds is 2. The smallest absolute Gasteiger partial charge is 0.122 e. The van der Waals surface area contributed by atoms with Crippen molar-refractivity contribution in [3.8, 4) is 0 Å². The van der Waals surface area contributed by atoms with E-state index in [0.29, 0.717) is 22.4 Å². The second-order valence-corrected chi connectivity index (χ2v) is 4.45. The lowest BCUT2D eigenvalue weighted by molar-refractivity contribution is 0.689. The fourth-order valence-electron chi connectivity index (χ4n) is 1.52. The summed E-state index contributed by atoms with van der Waals surface area (Å²) in [6.45, 7) is 2.42. The molecule has 0 aliphatic rings. The van der Waals surface area contributed by atoms with Crippen molar-refractivity contribution in [2.75, 3.05) is 5.73 Å². The molecule has 1 heterocycles. The molecule has 84 valence electrons. The Hall–Kier alpha value is -1.19. The van der Waals surface area contributed by atoms with E-state index in [4.69, 9.17) is 28.9 Å². The average molecular weight is 256 g/mol. The quantitative estimate of drug-likeness (QED) is 0.897. The highest BCUT2D eigenvalue weighted by Gasteiger charge is 2.06. The van der Waals surface area contributed by atoms with Crippen LogP contribution in [0.1, 0.15) is 11.3 Å². The third-order valence-corrected chi connectivity index (χ3v) is 2.86. The van der Waals surface area contributed by atoms with E-state index in [1.807, 2.05) is 19.1 Å². The van der Waals surface area contributed by atoms with Gasteiger partial charge in [0.1, 0.15) is 5.82 Å². The lowest BCUT2D eigenvalue weighted by Gasteiger charge is -2.06. The zero-order valence-electron chi connectivity index (χ0n) is 8.74. The first-order chi connectivity index (χ1) is 7.56. The Morgan fingerprint density at radius 2 is 2.06 bits per heavy atom. The lowest BCUT2D eigenvalue weighted by atomic mass is 10.2. The Morgan fingerprint density at radius 1 is 1.31 bits per heavy atom. The number of nitrogens with zero attached hydrogens (tertiary/aromatic N) is 2. The maximum absolute atomic E-state index is 6.06. The predicted octanol–water partition coefficient (Wildman–Crippen LogP) is 3.13. The van der Waals surface area contributed by atoms with Gasteiger partial charge in [-0.05, 0) is 30.7 Å². The molecule has 0 fully saturated rings. The number of nitrogen functional groups attached to an aromatic ring is 1. The first kappa shape index (κ1) is 11.3. The van der Waals surface area contributed by atoms with Gasteiger partial charge in [0, 0.05) is 16.1 Å². The number of aryl methyl sites for hydroxylation is 1. The molecule has 16 heavy (non-hydrogen) atoms. The van der Waals surface area contributed by atoms with E-state index in [2.05, 4.69) is 5.10 Å². The molecule has 2 rings (SSSR count). The largest absolute Gasteiger partial charge is 0.384 e. The molecule has 0 bridgehead atoms. The summed E-state index contributed by atoms with van der Waals surface area (Å²) < 4.78 is 1.70. The molecule has 2 aromatic rings. The molecular formula is C11H11Cl2N3. The van der Waals surface area contributed by atoms with Crippen LogP contribution in [0.2, 0.25) is 10.0 Å². The van der Waals surface area contributed by atoms with E-state index in [1.165, 1.54) is 0 Å². The summed E-state index contributed by atoms with van der Waals surface area (Å²) in [7, 11) is 0. The minimum atomic E-state index is 0.527. The number of halogens is 2. The minimum absolute atomic E-state index is 0.527. The van der Waals surface area contributed by atoms with Gasteiger partial charge in [0.25, 0.3) is 0 Å². The van der Waals surface area contributed by atoms with Crippen molar-refractivity contribution in [1.29, 1.82) is 0 Å². The van der Waals surface area contributed by atoms with Crippen molar-refractivity contribution in [1.82, 2.24) is 9.78 Å². The SMILES string of the molecule is Cc1cc(N)n(Cc2cc(Cl)ccc2Cl)n1. The maximum Gasteiger partial charge on any atom is 0.122 e. The standard InChI is InChI=1S/C11H11Cl2N3/c1-7-4-11(14)16(15-7)6-8-5-9(12)2-3-10(8)13/h2-5H,6,14H2,1H3. The molecule has 3 nitrogen and oxygen atoms in total. The third kappa shape index (κ3) is 2.31. The zero-order chi connectivity index (χ0) is 11.7. The van der Waals surface area contributed by atoms with Crippen LogP contribution < -0.4 is 5.73 Å². The normalized spacial score (nSPS) is 10.7. The molecule has 0 aliphatic carbocycles. The van der Waals surface area contributed by atoms with E-state index >= 15 is 0 Å². The van der Waals surface area contributed by atoms with Crippen LogP contribution >= 0.6 is 23.2 Å². The van der Waals surface area contributed by atoms with E-state index < -0.39 is 0 Å². The number of aromatic nitrogens is 2. The maximum atomic E-state index is 6.06. The molecule has 0 unspecified atom stereocenters. The zero-order valence-corrected chi connectivity index (χ0v) is 10.3. The molecule has 0 saturated carbocycles. The van der Waals surface area contributed by atoms with Gasteiger partial charge in [0.15, 0.2) is 0 Å². The van der Waals surface area contributed by atoms with Crippen LogP contribution in [0.25, 0.3) is 0 Å². The number of hydrogen-bond donors (Lipinski definition) is 1. The molecule has 1 aromatic heterocycles. The molecule has 0 amide bonds. The molecule has 2 N–H and O–H groups in total.